The second-order valence-corrected chi connectivity index (χ2v) is 6.26. The third-order valence-electron chi connectivity index (χ3n) is 3.27. The fraction of sp³-hybridized carbons (Fsp3) is 0.400. The zero-order valence-electron chi connectivity index (χ0n) is 11.2. The van der Waals surface area contributed by atoms with Crippen molar-refractivity contribution in [2.24, 2.45) is 0 Å². The Morgan fingerprint density at radius 3 is 2.53 bits per heavy atom. The van der Waals surface area contributed by atoms with Gasteiger partial charge in [0.2, 0.25) is 0 Å². The highest BCUT2D eigenvalue weighted by atomic mass is 79.9. The van der Waals surface area contributed by atoms with Gasteiger partial charge in [0.15, 0.2) is 0 Å². The van der Waals surface area contributed by atoms with Crippen LogP contribution in [0.25, 0.3) is 0 Å². The minimum atomic E-state index is 0.481. The van der Waals surface area contributed by atoms with E-state index in [4.69, 9.17) is 0 Å². The van der Waals surface area contributed by atoms with Crippen molar-refractivity contribution in [2.75, 3.05) is 5.33 Å². The van der Waals surface area contributed by atoms with Gasteiger partial charge >= 0.3 is 0 Å². The number of nitrogens with zero attached hydrogens (tertiary/aromatic N) is 2. The smallest absolute Gasteiger partial charge is 0.0596 e. The fourth-order valence-corrected chi connectivity index (χ4v) is 3.15. The van der Waals surface area contributed by atoms with Crippen LogP contribution < -0.4 is 0 Å². The van der Waals surface area contributed by atoms with Gasteiger partial charge in [-0.25, -0.2) is 0 Å². The Bertz CT molecular complexity index is 532. The van der Waals surface area contributed by atoms with Gasteiger partial charge in [0, 0.05) is 22.0 Å². The van der Waals surface area contributed by atoms with E-state index in [9.17, 15) is 0 Å². The summed E-state index contributed by atoms with van der Waals surface area (Å²) in [6, 6.07) is 10.8. The monoisotopic (exact) mass is 384 g/mol. The van der Waals surface area contributed by atoms with Crippen LogP contribution in [0.15, 0.2) is 34.8 Å². The Kier molecular flexibility index (Phi) is 5.22. The molecule has 1 atom stereocenters. The number of rotatable bonds is 5. The predicted octanol–water partition coefficient (Wildman–Crippen LogP) is 4.70. The fourth-order valence-electron chi connectivity index (χ4n) is 2.29. The first kappa shape index (κ1) is 14.8. The molecule has 0 N–H and O–H groups in total. The number of aryl methyl sites for hydroxylation is 2. The van der Waals surface area contributed by atoms with E-state index in [0.29, 0.717) is 5.92 Å². The number of hydrogen-bond donors (Lipinski definition) is 0. The van der Waals surface area contributed by atoms with Gasteiger partial charge in [0.05, 0.1) is 5.69 Å². The van der Waals surface area contributed by atoms with Crippen LogP contribution in [0.3, 0.4) is 0 Å². The van der Waals surface area contributed by atoms with Crippen LogP contribution in [-0.2, 0) is 13.0 Å². The summed E-state index contributed by atoms with van der Waals surface area (Å²) in [5, 5.41) is 5.48. The Balaban J connectivity index is 2.21. The average Bonchev–Trinajstić information content (AvgIpc) is 2.77. The summed E-state index contributed by atoms with van der Waals surface area (Å²) in [4.78, 5) is 0. The summed E-state index contributed by atoms with van der Waals surface area (Å²) in [5.74, 6) is 0.481. The van der Waals surface area contributed by atoms with Crippen molar-refractivity contribution in [1.82, 2.24) is 9.78 Å². The summed E-state index contributed by atoms with van der Waals surface area (Å²) in [7, 11) is 0. The lowest BCUT2D eigenvalue weighted by Crippen LogP contribution is -2.10. The first-order chi connectivity index (χ1) is 9.13. The van der Waals surface area contributed by atoms with Crippen LogP contribution >= 0.6 is 31.9 Å². The largest absolute Gasteiger partial charge is 0.270 e. The SMILES string of the molecule is CCn1nc(C)cc1CC(CBr)c1ccc(Br)cc1. The van der Waals surface area contributed by atoms with E-state index in [0.717, 1.165) is 28.5 Å². The van der Waals surface area contributed by atoms with Crippen molar-refractivity contribution in [3.63, 3.8) is 0 Å². The quantitative estimate of drug-likeness (QED) is 0.682. The lowest BCUT2D eigenvalue weighted by Gasteiger charge is -2.15. The van der Waals surface area contributed by atoms with Crippen molar-refractivity contribution in [3.05, 3.63) is 51.8 Å². The van der Waals surface area contributed by atoms with Crippen LogP contribution in [0.4, 0.5) is 0 Å². The summed E-state index contributed by atoms with van der Waals surface area (Å²) in [6.07, 6.45) is 1.02. The molecule has 0 aliphatic heterocycles. The summed E-state index contributed by atoms with van der Waals surface area (Å²) in [6.45, 7) is 5.12. The predicted molar refractivity (Wildman–Crippen MR) is 87.0 cm³/mol. The number of halogens is 2. The molecule has 0 spiro atoms. The van der Waals surface area contributed by atoms with Gasteiger partial charge in [-0.05, 0) is 49.9 Å². The van der Waals surface area contributed by atoms with E-state index in [1.807, 2.05) is 0 Å². The molecule has 1 aromatic heterocycles. The standard InChI is InChI=1S/C15H18Br2N2/c1-3-19-15(8-11(2)18-19)9-13(10-16)12-4-6-14(17)7-5-12/h4-8,13H,3,9-10H2,1-2H3. The Labute approximate surface area is 131 Å². The maximum absolute atomic E-state index is 4.52. The molecule has 2 rings (SSSR count). The molecule has 0 amide bonds. The third-order valence-corrected chi connectivity index (χ3v) is 4.58. The lowest BCUT2D eigenvalue weighted by atomic mass is 9.96. The molecule has 0 aliphatic rings. The number of aromatic nitrogens is 2. The number of alkyl halides is 1. The highest BCUT2D eigenvalue weighted by Crippen LogP contribution is 2.25. The maximum atomic E-state index is 4.52. The summed E-state index contributed by atoms with van der Waals surface area (Å²) < 4.78 is 3.23. The van der Waals surface area contributed by atoms with Crippen LogP contribution in [-0.4, -0.2) is 15.1 Å². The zero-order chi connectivity index (χ0) is 13.8. The van der Waals surface area contributed by atoms with E-state index in [-0.39, 0.29) is 0 Å². The van der Waals surface area contributed by atoms with Gasteiger partial charge in [-0.1, -0.05) is 44.0 Å². The Morgan fingerprint density at radius 1 is 1.26 bits per heavy atom. The van der Waals surface area contributed by atoms with Gasteiger partial charge in [0.1, 0.15) is 0 Å². The maximum Gasteiger partial charge on any atom is 0.0596 e. The molecule has 0 radical (unpaired) electrons. The molecule has 4 heteroatoms. The molecule has 0 fully saturated rings. The molecular weight excluding hydrogens is 368 g/mol. The van der Waals surface area contributed by atoms with Crippen molar-refractivity contribution in [1.29, 1.82) is 0 Å². The molecule has 1 aromatic carbocycles. The van der Waals surface area contributed by atoms with Crippen LogP contribution in [0, 0.1) is 6.92 Å². The van der Waals surface area contributed by atoms with Crippen molar-refractivity contribution >= 4 is 31.9 Å². The van der Waals surface area contributed by atoms with E-state index < -0.39 is 0 Å². The molecule has 2 aromatic rings. The molecule has 1 unspecified atom stereocenters. The molecule has 0 saturated carbocycles. The Morgan fingerprint density at radius 2 is 1.95 bits per heavy atom. The molecule has 0 aliphatic carbocycles. The molecule has 102 valence electrons. The first-order valence-corrected chi connectivity index (χ1v) is 8.40. The number of hydrogen-bond acceptors (Lipinski definition) is 1. The van der Waals surface area contributed by atoms with Crippen LogP contribution in [0.5, 0.6) is 0 Å². The van der Waals surface area contributed by atoms with E-state index in [1.165, 1.54) is 11.3 Å². The lowest BCUT2D eigenvalue weighted by molar-refractivity contribution is 0.597. The van der Waals surface area contributed by atoms with Gasteiger partial charge in [-0.3, -0.25) is 4.68 Å². The third kappa shape index (κ3) is 3.69. The molecule has 0 saturated heterocycles. The van der Waals surface area contributed by atoms with E-state index in [2.05, 4.69) is 85.8 Å². The zero-order valence-corrected chi connectivity index (χ0v) is 14.4. The molecular formula is C15H18Br2N2. The van der Waals surface area contributed by atoms with Gasteiger partial charge in [-0.15, -0.1) is 0 Å². The second kappa shape index (κ2) is 6.71. The minimum absolute atomic E-state index is 0.481. The Hall–Kier alpha value is -0.610. The summed E-state index contributed by atoms with van der Waals surface area (Å²) in [5.41, 5.74) is 3.77. The molecule has 1 heterocycles. The first-order valence-electron chi connectivity index (χ1n) is 6.48. The number of benzene rings is 1. The second-order valence-electron chi connectivity index (χ2n) is 4.70. The molecule has 19 heavy (non-hydrogen) atoms. The van der Waals surface area contributed by atoms with Crippen LogP contribution in [0.2, 0.25) is 0 Å². The summed E-state index contributed by atoms with van der Waals surface area (Å²) >= 11 is 7.12. The average molecular weight is 386 g/mol. The van der Waals surface area contributed by atoms with Gasteiger partial charge in [0.25, 0.3) is 0 Å². The van der Waals surface area contributed by atoms with E-state index in [1.54, 1.807) is 0 Å². The minimum Gasteiger partial charge on any atom is -0.270 e. The van der Waals surface area contributed by atoms with Crippen molar-refractivity contribution in [3.8, 4) is 0 Å². The highest BCUT2D eigenvalue weighted by Gasteiger charge is 2.14. The topological polar surface area (TPSA) is 17.8 Å². The molecule has 0 bridgehead atoms. The highest BCUT2D eigenvalue weighted by molar-refractivity contribution is 9.10. The van der Waals surface area contributed by atoms with E-state index >= 15 is 0 Å². The van der Waals surface area contributed by atoms with Crippen molar-refractivity contribution in [2.45, 2.75) is 32.7 Å². The van der Waals surface area contributed by atoms with Gasteiger partial charge in [-0.2, -0.15) is 5.10 Å². The van der Waals surface area contributed by atoms with Gasteiger partial charge < -0.3 is 0 Å². The molecule has 2 nitrogen and oxygen atoms in total. The van der Waals surface area contributed by atoms with Crippen molar-refractivity contribution < 1.29 is 0 Å². The normalized spacial score (nSPS) is 12.6. The van der Waals surface area contributed by atoms with Crippen LogP contribution in [0.1, 0.15) is 29.8 Å².